The van der Waals surface area contributed by atoms with Crippen LogP contribution in [0.15, 0.2) is 43.1 Å². The molecule has 0 aliphatic heterocycles. The highest BCUT2D eigenvalue weighted by Crippen LogP contribution is 1.98. The van der Waals surface area contributed by atoms with E-state index in [-0.39, 0.29) is 0 Å². The molecular weight excluding hydrogens is 150 g/mol. The molecule has 0 unspecified atom stereocenters. The Bertz CT molecular complexity index is 365. The maximum Gasteiger partial charge on any atom is 0.286 e. The van der Waals surface area contributed by atoms with Crippen molar-refractivity contribution < 1.29 is 4.57 Å². The van der Waals surface area contributed by atoms with Crippen LogP contribution in [0.4, 0.5) is 0 Å². The zero-order chi connectivity index (χ0) is 8.39. The van der Waals surface area contributed by atoms with Crippen LogP contribution in [0.25, 0.3) is 5.82 Å². The smallest absolute Gasteiger partial charge is 0.237 e. The minimum atomic E-state index is 1.11. The van der Waals surface area contributed by atoms with Crippen LogP contribution < -0.4 is 4.57 Å². The normalized spacial score (nSPS) is 10.1. The number of aryl methyl sites for hydroxylation is 1. The first-order chi connectivity index (χ1) is 5.88. The second-order valence-corrected chi connectivity index (χ2v) is 2.64. The molecule has 0 saturated heterocycles. The van der Waals surface area contributed by atoms with E-state index in [2.05, 4.69) is 4.98 Å². The van der Waals surface area contributed by atoms with Crippen molar-refractivity contribution in [1.82, 2.24) is 9.55 Å². The molecule has 60 valence electrons. The molecule has 0 aliphatic rings. The second kappa shape index (κ2) is 2.77. The van der Waals surface area contributed by atoms with Gasteiger partial charge in [0.2, 0.25) is 0 Å². The van der Waals surface area contributed by atoms with E-state index in [9.17, 15) is 0 Å². The third-order valence-corrected chi connectivity index (χ3v) is 1.80. The molecule has 0 atom stereocenters. The SMILES string of the molecule is C[n+]1ccccc1-n1ccnc1. The van der Waals surface area contributed by atoms with Gasteiger partial charge in [0.05, 0.1) is 19.4 Å². The van der Waals surface area contributed by atoms with Crippen LogP contribution in [0, 0.1) is 0 Å². The van der Waals surface area contributed by atoms with Gasteiger partial charge in [-0.15, -0.1) is 0 Å². The molecule has 0 N–H and O–H groups in total. The van der Waals surface area contributed by atoms with E-state index in [0.717, 1.165) is 5.82 Å². The Kier molecular flexibility index (Phi) is 1.63. The second-order valence-electron chi connectivity index (χ2n) is 2.64. The lowest BCUT2D eigenvalue weighted by Gasteiger charge is -1.97. The summed E-state index contributed by atoms with van der Waals surface area (Å²) in [6.45, 7) is 0. The van der Waals surface area contributed by atoms with Gasteiger partial charge >= 0.3 is 0 Å². The standard InChI is InChI=1S/C9H10N3/c1-11-6-3-2-4-9(11)12-7-5-10-8-12/h2-8H,1H3/q+1. The van der Waals surface area contributed by atoms with Gasteiger partial charge in [-0.1, -0.05) is 6.07 Å². The quantitative estimate of drug-likeness (QED) is 0.563. The number of nitrogens with zero attached hydrogens (tertiary/aromatic N) is 3. The van der Waals surface area contributed by atoms with Crippen molar-refractivity contribution in [3.63, 3.8) is 0 Å². The third kappa shape index (κ3) is 1.09. The lowest BCUT2D eigenvalue weighted by molar-refractivity contribution is -0.665. The maximum absolute atomic E-state index is 3.99. The molecular formula is C9H10N3+. The average Bonchev–Trinajstić information content (AvgIpc) is 2.57. The number of hydrogen-bond acceptors (Lipinski definition) is 1. The highest BCUT2D eigenvalue weighted by atomic mass is 15.1. The lowest BCUT2D eigenvalue weighted by atomic mass is 10.4. The summed E-state index contributed by atoms with van der Waals surface area (Å²) >= 11 is 0. The first-order valence-corrected chi connectivity index (χ1v) is 3.81. The van der Waals surface area contributed by atoms with Crippen molar-refractivity contribution in [3.05, 3.63) is 43.1 Å². The monoisotopic (exact) mass is 160 g/mol. The van der Waals surface area contributed by atoms with Crippen molar-refractivity contribution in [2.75, 3.05) is 0 Å². The van der Waals surface area contributed by atoms with Gasteiger partial charge in [0.1, 0.15) is 6.20 Å². The molecule has 0 radical (unpaired) electrons. The molecule has 2 aromatic rings. The first-order valence-electron chi connectivity index (χ1n) is 3.81. The Hall–Kier alpha value is -1.64. The molecule has 0 saturated carbocycles. The van der Waals surface area contributed by atoms with Crippen molar-refractivity contribution in [2.45, 2.75) is 0 Å². The molecule has 0 aromatic carbocycles. The molecule has 0 spiro atoms. The molecule has 0 amide bonds. The minimum absolute atomic E-state index is 1.11. The Morgan fingerprint density at radius 1 is 1.42 bits per heavy atom. The Labute approximate surface area is 70.9 Å². The Morgan fingerprint density at radius 2 is 2.33 bits per heavy atom. The molecule has 3 heteroatoms. The first kappa shape index (κ1) is 7.03. The lowest BCUT2D eigenvalue weighted by Crippen LogP contribution is -2.32. The minimum Gasteiger partial charge on any atom is -0.237 e. The van der Waals surface area contributed by atoms with E-state index in [4.69, 9.17) is 0 Å². The molecule has 3 nitrogen and oxygen atoms in total. The van der Waals surface area contributed by atoms with E-state index in [1.165, 1.54) is 0 Å². The van der Waals surface area contributed by atoms with Gasteiger partial charge in [0, 0.05) is 6.07 Å². The predicted molar refractivity (Wildman–Crippen MR) is 44.7 cm³/mol. The summed E-state index contributed by atoms with van der Waals surface area (Å²) in [5, 5.41) is 0. The summed E-state index contributed by atoms with van der Waals surface area (Å²) in [7, 11) is 2.01. The van der Waals surface area contributed by atoms with Crippen LogP contribution in [-0.2, 0) is 7.05 Å². The van der Waals surface area contributed by atoms with E-state index >= 15 is 0 Å². The fourth-order valence-corrected chi connectivity index (χ4v) is 1.18. The number of aromatic nitrogens is 3. The predicted octanol–water partition coefficient (Wildman–Crippen LogP) is 0.697. The zero-order valence-corrected chi connectivity index (χ0v) is 6.88. The Balaban J connectivity index is 2.55. The summed E-state index contributed by atoms with van der Waals surface area (Å²) < 4.78 is 4.02. The molecule has 2 rings (SSSR count). The zero-order valence-electron chi connectivity index (χ0n) is 6.88. The summed E-state index contributed by atoms with van der Waals surface area (Å²) in [5.41, 5.74) is 0. The fourth-order valence-electron chi connectivity index (χ4n) is 1.18. The van der Waals surface area contributed by atoms with Crippen molar-refractivity contribution >= 4 is 0 Å². The molecule has 0 bridgehead atoms. The van der Waals surface area contributed by atoms with Gasteiger partial charge < -0.3 is 0 Å². The highest BCUT2D eigenvalue weighted by molar-refractivity contribution is 5.14. The summed E-state index contributed by atoms with van der Waals surface area (Å²) in [4.78, 5) is 3.99. The molecule has 12 heavy (non-hydrogen) atoms. The average molecular weight is 160 g/mol. The van der Waals surface area contributed by atoms with Crippen molar-refractivity contribution in [1.29, 1.82) is 0 Å². The van der Waals surface area contributed by atoms with Crippen LogP contribution in [0.3, 0.4) is 0 Å². The molecule has 2 heterocycles. The van der Waals surface area contributed by atoms with Crippen LogP contribution in [0.2, 0.25) is 0 Å². The molecule has 0 fully saturated rings. The summed E-state index contributed by atoms with van der Waals surface area (Å²) in [6, 6.07) is 6.05. The van der Waals surface area contributed by atoms with Crippen molar-refractivity contribution in [2.24, 2.45) is 7.05 Å². The molecule has 2 aromatic heterocycles. The van der Waals surface area contributed by atoms with Crippen LogP contribution in [0.1, 0.15) is 0 Å². The van der Waals surface area contributed by atoms with Crippen LogP contribution >= 0.6 is 0 Å². The Morgan fingerprint density at radius 3 is 3.00 bits per heavy atom. The van der Waals surface area contributed by atoms with E-state index < -0.39 is 0 Å². The van der Waals surface area contributed by atoms with Gasteiger partial charge in [-0.3, -0.25) is 0 Å². The largest absolute Gasteiger partial charge is 0.286 e. The van der Waals surface area contributed by atoms with E-state index in [1.807, 2.05) is 46.8 Å². The van der Waals surface area contributed by atoms with Gasteiger partial charge in [-0.25, -0.2) is 9.55 Å². The summed E-state index contributed by atoms with van der Waals surface area (Å²) in [6.07, 6.45) is 7.49. The van der Waals surface area contributed by atoms with E-state index in [0.29, 0.717) is 0 Å². The number of pyridine rings is 1. The van der Waals surface area contributed by atoms with Crippen molar-refractivity contribution in [3.8, 4) is 5.82 Å². The van der Waals surface area contributed by atoms with Gasteiger partial charge in [0.25, 0.3) is 5.82 Å². The van der Waals surface area contributed by atoms with Gasteiger partial charge in [-0.05, 0) is 6.07 Å². The van der Waals surface area contributed by atoms with Gasteiger partial charge in [-0.2, -0.15) is 4.57 Å². The highest BCUT2D eigenvalue weighted by Gasteiger charge is 2.05. The number of hydrogen-bond donors (Lipinski definition) is 0. The number of rotatable bonds is 1. The van der Waals surface area contributed by atoms with Gasteiger partial charge in [0.15, 0.2) is 6.33 Å². The molecule has 0 aliphatic carbocycles. The number of imidazole rings is 1. The third-order valence-electron chi connectivity index (χ3n) is 1.80. The maximum atomic E-state index is 3.99. The van der Waals surface area contributed by atoms with Crippen LogP contribution in [0.5, 0.6) is 0 Å². The van der Waals surface area contributed by atoms with Crippen LogP contribution in [-0.4, -0.2) is 9.55 Å². The van der Waals surface area contributed by atoms with E-state index in [1.54, 1.807) is 12.5 Å². The fraction of sp³-hybridized carbons (Fsp3) is 0.111. The summed E-state index contributed by atoms with van der Waals surface area (Å²) in [5.74, 6) is 1.11. The topological polar surface area (TPSA) is 21.7 Å².